The summed E-state index contributed by atoms with van der Waals surface area (Å²) in [6.07, 6.45) is 1.91. The second kappa shape index (κ2) is 15.1. The van der Waals surface area contributed by atoms with Crippen LogP contribution in [0.1, 0.15) is 71.7 Å². The van der Waals surface area contributed by atoms with Crippen LogP contribution in [0.4, 0.5) is 5.13 Å². The van der Waals surface area contributed by atoms with Crippen LogP contribution in [0.2, 0.25) is 0 Å². The molecule has 1 amide bonds. The molecule has 1 saturated heterocycles. The molecule has 2 heterocycles. The predicted octanol–water partition coefficient (Wildman–Crippen LogP) is 7.65. The molecule has 244 valence electrons. The molecule has 4 aromatic rings. The van der Waals surface area contributed by atoms with Gasteiger partial charge in [0, 0.05) is 5.56 Å². The lowest BCUT2D eigenvalue weighted by Crippen LogP contribution is -2.29. The monoisotopic (exact) mass is 654 g/mol. The zero-order chi connectivity index (χ0) is 33.5. The minimum atomic E-state index is -1.02. The molecule has 0 spiro atoms. The summed E-state index contributed by atoms with van der Waals surface area (Å²) < 4.78 is 17.1. The van der Waals surface area contributed by atoms with Crippen LogP contribution in [0.3, 0.4) is 0 Å². The standard InChI is InChI=1S/C37H38N2O7S/c1-5-6-20-44-28-18-14-27(15-19-28)32(40)30-31(26-12-16-29(17-13-26)45-22-25-10-8-7-9-11-25)39(35(42)33(30)41)37-38-24(4)34(47-37)36(43)46-21-23(2)3/h7-19,23,31,40H,5-6,20-22H2,1-4H3/t31-/m1/s1. The Morgan fingerprint density at radius 3 is 2.28 bits per heavy atom. The normalized spacial score (nSPS) is 15.7. The molecule has 1 fully saturated rings. The summed E-state index contributed by atoms with van der Waals surface area (Å²) in [5.41, 5.74) is 2.20. The minimum Gasteiger partial charge on any atom is -0.507 e. The Bertz CT molecular complexity index is 1750. The molecule has 0 aliphatic carbocycles. The first kappa shape index (κ1) is 33.4. The summed E-state index contributed by atoms with van der Waals surface area (Å²) in [4.78, 5) is 46.3. The van der Waals surface area contributed by atoms with Crippen LogP contribution < -0.4 is 14.4 Å². The lowest BCUT2D eigenvalue weighted by molar-refractivity contribution is -0.132. The number of hydrogen-bond acceptors (Lipinski definition) is 9. The number of aliphatic hydroxyl groups excluding tert-OH is 1. The maximum atomic E-state index is 13.7. The molecule has 0 bridgehead atoms. The van der Waals surface area contributed by atoms with E-state index in [4.69, 9.17) is 14.2 Å². The number of anilines is 1. The quantitative estimate of drug-likeness (QED) is 0.0514. The maximum Gasteiger partial charge on any atom is 0.350 e. The molecule has 10 heteroatoms. The van der Waals surface area contributed by atoms with Gasteiger partial charge in [0.25, 0.3) is 5.78 Å². The van der Waals surface area contributed by atoms with E-state index < -0.39 is 23.7 Å². The van der Waals surface area contributed by atoms with E-state index in [2.05, 4.69) is 11.9 Å². The molecule has 0 saturated carbocycles. The molecule has 1 aliphatic rings. The van der Waals surface area contributed by atoms with Crippen molar-refractivity contribution >= 4 is 39.9 Å². The number of ether oxygens (including phenoxy) is 3. The molecule has 3 aromatic carbocycles. The van der Waals surface area contributed by atoms with Crippen LogP contribution in [0.5, 0.6) is 11.5 Å². The number of esters is 1. The third kappa shape index (κ3) is 7.72. The van der Waals surface area contributed by atoms with Gasteiger partial charge in [-0.2, -0.15) is 0 Å². The lowest BCUT2D eigenvalue weighted by atomic mass is 9.95. The van der Waals surface area contributed by atoms with Crippen molar-refractivity contribution in [1.82, 2.24) is 4.98 Å². The van der Waals surface area contributed by atoms with Crippen LogP contribution in [0.15, 0.2) is 84.4 Å². The number of aliphatic hydroxyl groups is 1. The van der Waals surface area contributed by atoms with Crippen LogP contribution in [-0.2, 0) is 20.9 Å². The van der Waals surface area contributed by atoms with Gasteiger partial charge in [0.1, 0.15) is 28.7 Å². The summed E-state index contributed by atoms with van der Waals surface area (Å²) in [7, 11) is 0. The van der Waals surface area contributed by atoms with Gasteiger partial charge in [-0.1, -0.05) is 81.0 Å². The van der Waals surface area contributed by atoms with Gasteiger partial charge in [-0.25, -0.2) is 9.78 Å². The number of ketones is 1. The molecular formula is C37H38N2O7S. The first-order valence-electron chi connectivity index (χ1n) is 15.6. The molecule has 1 atom stereocenters. The molecule has 5 rings (SSSR count). The fraction of sp³-hybridized carbons (Fsp3) is 0.297. The Balaban J connectivity index is 1.52. The Morgan fingerprint density at radius 1 is 0.957 bits per heavy atom. The lowest BCUT2D eigenvalue weighted by Gasteiger charge is -2.23. The highest BCUT2D eigenvalue weighted by Crippen LogP contribution is 2.44. The van der Waals surface area contributed by atoms with E-state index in [9.17, 15) is 19.5 Å². The Hall–Kier alpha value is -4.96. The number of benzene rings is 3. The van der Waals surface area contributed by atoms with E-state index in [0.717, 1.165) is 29.7 Å². The number of unbranched alkanes of at least 4 members (excludes halogenated alkanes) is 1. The molecule has 1 aliphatic heterocycles. The zero-order valence-corrected chi connectivity index (χ0v) is 27.7. The zero-order valence-electron chi connectivity index (χ0n) is 26.9. The van der Waals surface area contributed by atoms with Crippen molar-refractivity contribution in [1.29, 1.82) is 0 Å². The van der Waals surface area contributed by atoms with Crippen LogP contribution in [-0.4, -0.2) is 41.0 Å². The summed E-state index contributed by atoms with van der Waals surface area (Å²) in [6.45, 7) is 8.76. The van der Waals surface area contributed by atoms with Crippen molar-refractivity contribution in [2.75, 3.05) is 18.1 Å². The van der Waals surface area contributed by atoms with Crippen molar-refractivity contribution in [3.63, 3.8) is 0 Å². The van der Waals surface area contributed by atoms with Crippen molar-refractivity contribution in [3.8, 4) is 11.5 Å². The molecule has 9 nitrogen and oxygen atoms in total. The molecule has 0 radical (unpaired) electrons. The number of rotatable bonds is 13. The average Bonchev–Trinajstić information content (AvgIpc) is 3.59. The topological polar surface area (TPSA) is 115 Å². The number of Topliss-reactive ketones (excluding diaryl/α,β-unsaturated/α-hetero) is 1. The van der Waals surface area contributed by atoms with Crippen molar-refractivity contribution in [2.45, 2.75) is 53.2 Å². The van der Waals surface area contributed by atoms with E-state index in [1.54, 1.807) is 55.5 Å². The first-order chi connectivity index (χ1) is 22.7. The third-order valence-electron chi connectivity index (χ3n) is 7.51. The smallest absolute Gasteiger partial charge is 0.350 e. The van der Waals surface area contributed by atoms with Crippen LogP contribution in [0.25, 0.3) is 5.76 Å². The van der Waals surface area contributed by atoms with Gasteiger partial charge in [0.2, 0.25) is 0 Å². The number of carbonyl (C=O) groups is 3. The number of aromatic nitrogens is 1. The molecule has 47 heavy (non-hydrogen) atoms. The Morgan fingerprint density at radius 2 is 1.62 bits per heavy atom. The number of carbonyl (C=O) groups excluding carboxylic acids is 3. The predicted molar refractivity (Wildman–Crippen MR) is 181 cm³/mol. The van der Waals surface area contributed by atoms with E-state index in [1.165, 1.54) is 4.90 Å². The Labute approximate surface area is 278 Å². The van der Waals surface area contributed by atoms with Gasteiger partial charge in [0.15, 0.2) is 5.13 Å². The summed E-state index contributed by atoms with van der Waals surface area (Å²) in [5, 5.41) is 11.7. The number of hydrogen-bond donors (Lipinski definition) is 1. The largest absolute Gasteiger partial charge is 0.507 e. The van der Waals surface area contributed by atoms with Crippen molar-refractivity contribution in [3.05, 3.63) is 112 Å². The Kier molecular flexibility index (Phi) is 10.7. The highest BCUT2D eigenvalue weighted by molar-refractivity contribution is 7.17. The van der Waals surface area contributed by atoms with Crippen molar-refractivity contribution < 1.29 is 33.7 Å². The number of amides is 1. The van der Waals surface area contributed by atoms with Gasteiger partial charge in [-0.3, -0.25) is 14.5 Å². The third-order valence-corrected chi connectivity index (χ3v) is 8.64. The summed E-state index contributed by atoms with van der Waals surface area (Å²) >= 11 is 0.972. The van der Waals surface area contributed by atoms with Gasteiger partial charge < -0.3 is 19.3 Å². The minimum absolute atomic E-state index is 0.0932. The first-order valence-corrected chi connectivity index (χ1v) is 16.4. The maximum absolute atomic E-state index is 13.7. The van der Waals surface area contributed by atoms with Gasteiger partial charge >= 0.3 is 11.9 Å². The second-order valence-corrected chi connectivity index (χ2v) is 12.6. The number of thiazole rings is 1. The molecule has 1 N–H and O–H groups in total. The fourth-order valence-electron chi connectivity index (χ4n) is 5.01. The highest BCUT2D eigenvalue weighted by atomic mass is 32.1. The summed E-state index contributed by atoms with van der Waals surface area (Å²) in [6, 6.07) is 22.5. The average molecular weight is 655 g/mol. The van der Waals surface area contributed by atoms with E-state index in [0.29, 0.717) is 41.5 Å². The number of nitrogens with zero attached hydrogens (tertiary/aromatic N) is 2. The molecule has 0 unspecified atom stereocenters. The SMILES string of the molecule is CCCCOc1ccc(C(O)=C2C(=O)C(=O)N(c3nc(C)c(C(=O)OCC(C)C)s3)[C@@H]2c2ccc(OCc3ccccc3)cc2)cc1. The second-order valence-electron chi connectivity index (χ2n) is 11.6. The summed E-state index contributed by atoms with van der Waals surface area (Å²) in [5.74, 6) is -1.24. The van der Waals surface area contributed by atoms with Crippen LogP contribution in [0, 0.1) is 12.8 Å². The van der Waals surface area contributed by atoms with Gasteiger partial charge in [0.05, 0.1) is 30.5 Å². The fourth-order valence-corrected chi connectivity index (χ4v) is 6.00. The number of aryl methyl sites for hydroxylation is 1. The highest BCUT2D eigenvalue weighted by Gasteiger charge is 2.48. The van der Waals surface area contributed by atoms with Gasteiger partial charge in [-0.15, -0.1) is 0 Å². The van der Waals surface area contributed by atoms with Gasteiger partial charge in [-0.05, 0) is 66.8 Å². The molecular weight excluding hydrogens is 616 g/mol. The van der Waals surface area contributed by atoms with E-state index in [1.807, 2.05) is 44.2 Å². The van der Waals surface area contributed by atoms with Crippen LogP contribution >= 0.6 is 11.3 Å². The van der Waals surface area contributed by atoms with Crippen molar-refractivity contribution in [2.24, 2.45) is 5.92 Å². The van der Waals surface area contributed by atoms with E-state index >= 15 is 0 Å². The van der Waals surface area contributed by atoms with E-state index in [-0.39, 0.29) is 33.9 Å². The molecule has 1 aromatic heterocycles.